The number of allylic oxidation sites excluding steroid dienone is 2. The maximum Gasteiger partial charge on any atom is 0.228 e. The molecule has 1 amide bonds. The van der Waals surface area contributed by atoms with Crippen LogP contribution in [0.25, 0.3) is 0 Å². The number of rotatable bonds is 16. The molecule has 0 saturated carbocycles. The van der Waals surface area contributed by atoms with Crippen LogP contribution in [0.5, 0.6) is 0 Å². The van der Waals surface area contributed by atoms with Crippen molar-refractivity contribution in [1.82, 2.24) is 4.90 Å². The van der Waals surface area contributed by atoms with Crippen LogP contribution in [0.3, 0.4) is 0 Å². The van der Waals surface area contributed by atoms with Crippen molar-refractivity contribution in [3.05, 3.63) is 12.2 Å². The highest BCUT2D eigenvalue weighted by molar-refractivity contribution is 5.99. The van der Waals surface area contributed by atoms with Crippen LogP contribution in [-0.4, -0.2) is 34.5 Å². The summed E-state index contributed by atoms with van der Waals surface area (Å²) >= 11 is 0. The van der Waals surface area contributed by atoms with Gasteiger partial charge < -0.3 is 5.11 Å². The van der Waals surface area contributed by atoms with E-state index in [4.69, 9.17) is 0 Å². The second-order valence-corrected chi connectivity index (χ2v) is 7.72. The third-order valence-electron chi connectivity index (χ3n) is 5.23. The average Bonchev–Trinajstić information content (AvgIpc) is 3.05. The van der Waals surface area contributed by atoms with E-state index >= 15 is 0 Å². The molecule has 4 heteroatoms. The maximum atomic E-state index is 12.2. The van der Waals surface area contributed by atoms with E-state index in [9.17, 15) is 9.90 Å². The van der Waals surface area contributed by atoms with E-state index in [1.807, 2.05) is 6.92 Å². The Morgan fingerprint density at radius 3 is 2.11 bits per heavy atom. The van der Waals surface area contributed by atoms with Gasteiger partial charge in [-0.2, -0.15) is 0 Å². The van der Waals surface area contributed by atoms with Crippen LogP contribution < -0.4 is 0 Å². The van der Waals surface area contributed by atoms with Gasteiger partial charge in [0.2, 0.25) is 5.91 Å². The van der Waals surface area contributed by atoms with Crippen LogP contribution in [0.4, 0.5) is 0 Å². The molecule has 0 bridgehead atoms. The summed E-state index contributed by atoms with van der Waals surface area (Å²) in [4.78, 5) is 18.0. The molecular formula is C23H42N2O2. The number of carbonyl (C=O) groups excluding carboxylic acids is 1. The minimum Gasteiger partial charge on any atom is -0.370 e. The lowest BCUT2D eigenvalue weighted by molar-refractivity contribution is -0.127. The molecule has 0 aromatic heterocycles. The number of aliphatic hydroxyl groups is 1. The van der Waals surface area contributed by atoms with Crippen LogP contribution in [0.15, 0.2) is 17.1 Å². The molecule has 156 valence electrons. The van der Waals surface area contributed by atoms with Crippen LogP contribution in [0.2, 0.25) is 0 Å². The molecule has 1 aliphatic heterocycles. The summed E-state index contributed by atoms with van der Waals surface area (Å²) < 4.78 is 0. The summed E-state index contributed by atoms with van der Waals surface area (Å²) in [6.07, 6.45) is 21.7. The largest absolute Gasteiger partial charge is 0.370 e. The molecule has 0 aromatic rings. The zero-order valence-electron chi connectivity index (χ0n) is 17.8. The Hall–Kier alpha value is -1.16. The minimum absolute atomic E-state index is 0.116. The van der Waals surface area contributed by atoms with Crippen molar-refractivity contribution < 1.29 is 9.90 Å². The fourth-order valence-electron chi connectivity index (χ4n) is 3.56. The number of β-amino-alcohol motifs (C(OH)–C–C–N with tert-alkyl or cyclic N) is 1. The fourth-order valence-corrected chi connectivity index (χ4v) is 3.56. The summed E-state index contributed by atoms with van der Waals surface area (Å²) in [6, 6.07) is 0. The Labute approximate surface area is 167 Å². The highest BCUT2D eigenvalue weighted by Crippen LogP contribution is 2.14. The standard InChI is InChI=1S/C23H42N2O2/c1-3-5-6-7-8-9-10-11-12-13-14-15-16-17-18-19-23(27)25-20-22(26)24-21(25)4-2/h11-12,22,26H,3-10,13-20H2,1-2H3/b12-11-. The van der Waals surface area contributed by atoms with Gasteiger partial charge in [0.05, 0.1) is 6.54 Å². The number of nitrogens with zero attached hydrogens (tertiary/aromatic N) is 2. The van der Waals surface area contributed by atoms with Crippen molar-refractivity contribution in [2.75, 3.05) is 6.54 Å². The number of amidine groups is 1. The first-order valence-electron chi connectivity index (χ1n) is 11.4. The van der Waals surface area contributed by atoms with E-state index in [1.54, 1.807) is 4.90 Å². The zero-order valence-corrected chi connectivity index (χ0v) is 17.8. The Balaban J connectivity index is 1.90. The van der Waals surface area contributed by atoms with Crippen LogP contribution >= 0.6 is 0 Å². The van der Waals surface area contributed by atoms with Gasteiger partial charge in [-0.1, -0.05) is 77.4 Å². The molecule has 1 aliphatic rings. The van der Waals surface area contributed by atoms with Crippen LogP contribution in [-0.2, 0) is 4.79 Å². The highest BCUT2D eigenvalue weighted by Gasteiger charge is 2.26. The monoisotopic (exact) mass is 378 g/mol. The SMILES string of the molecule is CCCCCCCC/C=C\CCCCCCCC(=O)N1CC(O)N=C1CC. The number of aliphatic imine (C=N–C) groups is 1. The Kier molecular flexibility index (Phi) is 14.0. The third kappa shape index (κ3) is 11.3. The van der Waals surface area contributed by atoms with Crippen LogP contribution in [0.1, 0.15) is 110 Å². The summed E-state index contributed by atoms with van der Waals surface area (Å²) in [7, 11) is 0. The van der Waals surface area contributed by atoms with Crippen molar-refractivity contribution in [1.29, 1.82) is 0 Å². The van der Waals surface area contributed by atoms with E-state index in [1.165, 1.54) is 70.6 Å². The zero-order chi connectivity index (χ0) is 19.7. The topological polar surface area (TPSA) is 52.9 Å². The normalized spacial score (nSPS) is 17.1. The number of hydrogen-bond acceptors (Lipinski definition) is 3. The lowest BCUT2D eigenvalue weighted by Crippen LogP contribution is -2.35. The second kappa shape index (κ2) is 15.9. The van der Waals surface area contributed by atoms with E-state index in [0.717, 1.165) is 18.7 Å². The van der Waals surface area contributed by atoms with Gasteiger partial charge in [0.25, 0.3) is 0 Å². The molecule has 1 heterocycles. The highest BCUT2D eigenvalue weighted by atomic mass is 16.3. The van der Waals surface area contributed by atoms with Crippen molar-refractivity contribution >= 4 is 11.7 Å². The molecular weight excluding hydrogens is 336 g/mol. The summed E-state index contributed by atoms with van der Waals surface area (Å²) in [5.41, 5.74) is 0. The van der Waals surface area contributed by atoms with Gasteiger partial charge in [-0.05, 0) is 32.1 Å². The first-order chi connectivity index (χ1) is 13.2. The number of aliphatic hydroxyl groups excluding tert-OH is 1. The van der Waals surface area contributed by atoms with E-state index < -0.39 is 6.23 Å². The van der Waals surface area contributed by atoms with E-state index in [0.29, 0.717) is 19.4 Å². The number of carbonyl (C=O) groups is 1. The molecule has 0 spiro atoms. The third-order valence-corrected chi connectivity index (χ3v) is 5.23. The van der Waals surface area contributed by atoms with Crippen molar-refractivity contribution in [3.8, 4) is 0 Å². The van der Waals surface area contributed by atoms with Gasteiger partial charge in [-0.3, -0.25) is 9.69 Å². The van der Waals surface area contributed by atoms with Crippen molar-refractivity contribution in [3.63, 3.8) is 0 Å². The van der Waals surface area contributed by atoms with Crippen molar-refractivity contribution in [2.45, 2.75) is 116 Å². The molecule has 1 N–H and O–H groups in total. The molecule has 0 aliphatic carbocycles. The molecule has 0 fully saturated rings. The summed E-state index contributed by atoms with van der Waals surface area (Å²) in [6.45, 7) is 4.58. The molecule has 1 rings (SSSR count). The molecule has 1 atom stereocenters. The Morgan fingerprint density at radius 1 is 0.963 bits per heavy atom. The quantitative estimate of drug-likeness (QED) is 0.265. The second-order valence-electron chi connectivity index (χ2n) is 7.72. The summed E-state index contributed by atoms with van der Waals surface area (Å²) in [5.74, 6) is 0.852. The number of hydrogen-bond donors (Lipinski definition) is 1. The lowest BCUT2D eigenvalue weighted by Gasteiger charge is -2.17. The van der Waals surface area contributed by atoms with Gasteiger partial charge in [0, 0.05) is 12.8 Å². The first kappa shape index (κ1) is 23.9. The van der Waals surface area contributed by atoms with Gasteiger partial charge >= 0.3 is 0 Å². The lowest BCUT2D eigenvalue weighted by atomic mass is 10.1. The fraction of sp³-hybridized carbons (Fsp3) is 0.826. The smallest absolute Gasteiger partial charge is 0.228 e. The van der Waals surface area contributed by atoms with Crippen molar-refractivity contribution in [2.24, 2.45) is 4.99 Å². The van der Waals surface area contributed by atoms with Gasteiger partial charge in [0.15, 0.2) is 6.23 Å². The van der Waals surface area contributed by atoms with Gasteiger partial charge in [0.1, 0.15) is 5.84 Å². The molecule has 27 heavy (non-hydrogen) atoms. The predicted octanol–water partition coefficient (Wildman–Crippen LogP) is 5.99. The van der Waals surface area contributed by atoms with Gasteiger partial charge in [-0.15, -0.1) is 0 Å². The molecule has 0 aromatic carbocycles. The number of amides is 1. The molecule has 0 radical (unpaired) electrons. The molecule has 1 unspecified atom stereocenters. The number of unbranched alkanes of at least 4 members (excludes halogenated alkanes) is 11. The molecule has 0 saturated heterocycles. The maximum absolute atomic E-state index is 12.2. The Bertz CT molecular complexity index is 446. The van der Waals surface area contributed by atoms with E-state index in [2.05, 4.69) is 24.1 Å². The average molecular weight is 379 g/mol. The Morgan fingerprint density at radius 2 is 1.52 bits per heavy atom. The summed E-state index contributed by atoms with van der Waals surface area (Å²) in [5, 5.41) is 9.57. The van der Waals surface area contributed by atoms with Crippen LogP contribution in [0, 0.1) is 0 Å². The first-order valence-corrected chi connectivity index (χ1v) is 11.4. The van der Waals surface area contributed by atoms with Gasteiger partial charge in [-0.25, -0.2) is 4.99 Å². The minimum atomic E-state index is -0.724. The molecule has 4 nitrogen and oxygen atoms in total. The van der Waals surface area contributed by atoms with E-state index in [-0.39, 0.29) is 5.91 Å². The predicted molar refractivity (Wildman–Crippen MR) is 115 cm³/mol.